The van der Waals surface area contributed by atoms with Gasteiger partial charge in [-0.1, -0.05) is 36.9 Å². The van der Waals surface area contributed by atoms with Crippen LogP contribution in [-0.4, -0.2) is 34.3 Å². The average Bonchev–Trinajstić information content (AvgIpc) is 3.17. The van der Waals surface area contributed by atoms with E-state index in [1.165, 1.54) is 30.1 Å². The molecule has 6 nitrogen and oxygen atoms in total. The molecule has 0 saturated carbocycles. The molecule has 1 heterocycles. The summed E-state index contributed by atoms with van der Waals surface area (Å²) in [5, 5.41) is 3.30. The van der Waals surface area contributed by atoms with Crippen LogP contribution in [0.1, 0.15) is 23.0 Å². The fourth-order valence-electron chi connectivity index (χ4n) is 2.80. The number of ether oxygens (including phenoxy) is 1. The Labute approximate surface area is 172 Å². The van der Waals surface area contributed by atoms with Crippen molar-refractivity contribution < 1.29 is 18.7 Å². The van der Waals surface area contributed by atoms with E-state index in [1.807, 2.05) is 31.4 Å². The van der Waals surface area contributed by atoms with Crippen LogP contribution in [0, 0.1) is 5.82 Å². The van der Waals surface area contributed by atoms with Crippen LogP contribution in [-0.2, 0) is 16.0 Å². The first-order valence-corrected chi connectivity index (χ1v) is 10.2. The smallest absolute Gasteiger partial charge is 0.357 e. The van der Waals surface area contributed by atoms with E-state index < -0.39 is 18.5 Å². The minimum atomic E-state index is -0.693. The summed E-state index contributed by atoms with van der Waals surface area (Å²) in [5.74, 6) is -1.51. The molecule has 0 bridgehead atoms. The average molecular weight is 413 g/mol. The van der Waals surface area contributed by atoms with Gasteiger partial charge in [-0.25, -0.2) is 14.2 Å². The molecule has 0 unspecified atom stereocenters. The molecule has 3 rings (SSSR count). The maximum atomic E-state index is 13.2. The number of hydrogen-bond acceptors (Lipinski definition) is 5. The third-order valence-electron chi connectivity index (χ3n) is 4.21. The summed E-state index contributed by atoms with van der Waals surface area (Å²) >= 11 is 1.33. The molecule has 1 aromatic heterocycles. The number of esters is 1. The molecular formula is C21H20FN3O3S. The number of thioether (sulfide) groups is 1. The van der Waals surface area contributed by atoms with Gasteiger partial charge in [0.2, 0.25) is 0 Å². The van der Waals surface area contributed by atoms with Gasteiger partial charge in [-0.2, -0.15) is 0 Å². The van der Waals surface area contributed by atoms with Crippen molar-refractivity contribution in [2.75, 3.05) is 18.2 Å². The Morgan fingerprint density at radius 1 is 1.17 bits per heavy atom. The monoisotopic (exact) mass is 413 g/mol. The van der Waals surface area contributed by atoms with Crippen molar-refractivity contribution in [1.82, 2.24) is 9.55 Å². The molecule has 0 aliphatic heterocycles. The van der Waals surface area contributed by atoms with Crippen LogP contribution in [0.15, 0.2) is 59.9 Å². The second kappa shape index (κ2) is 9.38. The van der Waals surface area contributed by atoms with Crippen molar-refractivity contribution in [1.29, 1.82) is 0 Å². The first-order chi connectivity index (χ1) is 14.0. The minimum Gasteiger partial charge on any atom is -0.451 e. The maximum Gasteiger partial charge on any atom is 0.357 e. The number of imidazole rings is 1. The van der Waals surface area contributed by atoms with E-state index in [9.17, 15) is 14.0 Å². The highest BCUT2D eigenvalue weighted by Crippen LogP contribution is 2.22. The van der Waals surface area contributed by atoms with Crippen molar-refractivity contribution in [3.63, 3.8) is 0 Å². The van der Waals surface area contributed by atoms with Gasteiger partial charge in [0.15, 0.2) is 17.5 Å². The fourth-order valence-corrected chi connectivity index (χ4v) is 3.35. The summed E-state index contributed by atoms with van der Waals surface area (Å²) in [6.45, 7) is 1.56. The van der Waals surface area contributed by atoms with Gasteiger partial charge in [0.1, 0.15) is 5.82 Å². The second-order valence-electron chi connectivity index (χ2n) is 6.08. The number of amides is 1. The first kappa shape index (κ1) is 20.6. The van der Waals surface area contributed by atoms with Crippen molar-refractivity contribution >= 4 is 29.3 Å². The largest absolute Gasteiger partial charge is 0.451 e. The molecule has 0 spiro atoms. The third kappa shape index (κ3) is 4.83. The number of anilines is 1. The van der Waals surface area contributed by atoms with Crippen LogP contribution in [0.4, 0.5) is 10.1 Å². The number of nitrogens with one attached hydrogen (secondary N) is 1. The number of aromatic nitrogens is 2. The van der Waals surface area contributed by atoms with E-state index in [4.69, 9.17) is 4.74 Å². The molecule has 2 aromatic carbocycles. The quantitative estimate of drug-likeness (QED) is 0.467. The SMILES string of the molecule is CCc1ccccc1NC(=O)COC(=O)c1cnc(SC)n1-c1ccc(F)cc1. The molecule has 3 aromatic rings. The summed E-state index contributed by atoms with van der Waals surface area (Å²) in [4.78, 5) is 29.0. The Hall–Kier alpha value is -3.13. The number of aryl methyl sites for hydroxylation is 1. The Morgan fingerprint density at radius 2 is 1.90 bits per heavy atom. The van der Waals surface area contributed by atoms with Gasteiger partial charge in [-0.3, -0.25) is 9.36 Å². The first-order valence-electron chi connectivity index (χ1n) is 8.96. The van der Waals surface area contributed by atoms with E-state index in [2.05, 4.69) is 10.3 Å². The summed E-state index contributed by atoms with van der Waals surface area (Å²) in [5.41, 5.74) is 2.41. The molecule has 0 aliphatic rings. The number of para-hydroxylation sites is 1. The molecule has 1 amide bonds. The highest BCUT2D eigenvalue weighted by atomic mass is 32.2. The molecule has 150 valence electrons. The van der Waals surface area contributed by atoms with Crippen LogP contribution in [0.25, 0.3) is 5.69 Å². The van der Waals surface area contributed by atoms with E-state index in [0.29, 0.717) is 16.5 Å². The Balaban J connectivity index is 1.72. The highest BCUT2D eigenvalue weighted by Gasteiger charge is 2.20. The van der Waals surface area contributed by atoms with Gasteiger partial charge < -0.3 is 10.1 Å². The molecule has 0 saturated heterocycles. The lowest BCUT2D eigenvalue weighted by atomic mass is 10.1. The van der Waals surface area contributed by atoms with E-state index >= 15 is 0 Å². The summed E-state index contributed by atoms with van der Waals surface area (Å²) in [6.07, 6.45) is 3.96. The predicted molar refractivity (Wildman–Crippen MR) is 110 cm³/mol. The Bertz CT molecular complexity index is 1020. The van der Waals surface area contributed by atoms with E-state index in [0.717, 1.165) is 12.0 Å². The van der Waals surface area contributed by atoms with E-state index in [1.54, 1.807) is 22.8 Å². The van der Waals surface area contributed by atoms with Crippen LogP contribution < -0.4 is 5.32 Å². The summed E-state index contributed by atoms with van der Waals surface area (Å²) in [6, 6.07) is 13.1. The Morgan fingerprint density at radius 3 is 2.59 bits per heavy atom. The zero-order chi connectivity index (χ0) is 20.8. The maximum absolute atomic E-state index is 13.2. The van der Waals surface area contributed by atoms with Crippen LogP contribution >= 0.6 is 11.8 Å². The van der Waals surface area contributed by atoms with Crippen molar-refractivity contribution in [3.05, 3.63) is 71.8 Å². The molecule has 0 radical (unpaired) electrons. The van der Waals surface area contributed by atoms with Crippen LogP contribution in [0.2, 0.25) is 0 Å². The molecule has 29 heavy (non-hydrogen) atoms. The number of rotatable bonds is 7. The molecule has 0 aliphatic carbocycles. The number of carbonyl (C=O) groups is 2. The number of benzene rings is 2. The van der Waals surface area contributed by atoms with Gasteiger partial charge in [0.25, 0.3) is 5.91 Å². The zero-order valence-electron chi connectivity index (χ0n) is 16.0. The lowest BCUT2D eigenvalue weighted by Gasteiger charge is -2.12. The number of hydrogen-bond donors (Lipinski definition) is 1. The number of halogens is 1. The van der Waals surface area contributed by atoms with Gasteiger partial charge in [0.05, 0.1) is 6.20 Å². The molecule has 8 heteroatoms. The fraction of sp³-hybridized carbons (Fsp3) is 0.190. The van der Waals surface area contributed by atoms with Gasteiger partial charge >= 0.3 is 5.97 Å². The normalized spacial score (nSPS) is 10.6. The third-order valence-corrected chi connectivity index (χ3v) is 4.87. The van der Waals surface area contributed by atoms with Crippen molar-refractivity contribution in [2.24, 2.45) is 0 Å². The van der Waals surface area contributed by atoms with Gasteiger partial charge in [0, 0.05) is 11.4 Å². The minimum absolute atomic E-state index is 0.155. The number of nitrogens with zero attached hydrogens (tertiary/aromatic N) is 2. The molecule has 1 N–H and O–H groups in total. The lowest BCUT2D eigenvalue weighted by molar-refractivity contribution is -0.119. The van der Waals surface area contributed by atoms with Crippen molar-refractivity contribution in [2.45, 2.75) is 18.5 Å². The van der Waals surface area contributed by atoms with Crippen LogP contribution in [0.5, 0.6) is 0 Å². The molecule has 0 atom stereocenters. The van der Waals surface area contributed by atoms with Crippen molar-refractivity contribution in [3.8, 4) is 5.69 Å². The lowest BCUT2D eigenvalue weighted by Crippen LogP contribution is -2.22. The second-order valence-corrected chi connectivity index (χ2v) is 6.85. The summed E-state index contributed by atoms with van der Waals surface area (Å²) < 4.78 is 20.0. The van der Waals surface area contributed by atoms with E-state index in [-0.39, 0.29) is 11.5 Å². The number of carbonyl (C=O) groups excluding carboxylic acids is 2. The van der Waals surface area contributed by atoms with Gasteiger partial charge in [-0.15, -0.1) is 0 Å². The van der Waals surface area contributed by atoms with Gasteiger partial charge in [-0.05, 0) is 48.6 Å². The standard InChI is InChI=1S/C21H20FN3O3S/c1-3-14-6-4-5-7-17(14)24-19(26)13-28-20(27)18-12-23-21(29-2)25(18)16-10-8-15(22)9-11-16/h4-12H,3,13H2,1-2H3,(H,24,26). The Kier molecular flexibility index (Phi) is 6.66. The topological polar surface area (TPSA) is 73.2 Å². The van der Waals surface area contributed by atoms with Crippen LogP contribution in [0.3, 0.4) is 0 Å². The highest BCUT2D eigenvalue weighted by molar-refractivity contribution is 7.98. The summed E-state index contributed by atoms with van der Waals surface area (Å²) in [7, 11) is 0. The zero-order valence-corrected chi connectivity index (χ0v) is 16.8. The predicted octanol–water partition coefficient (Wildman–Crippen LogP) is 4.09. The molecule has 0 fully saturated rings. The molecular weight excluding hydrogens is 393 g/mol.